The first-order valence-electron chi connectivity index (χ1n) is 5.29. The summed E-state index contributed by atoms with van der Waals surface area (Å²) in [4.78, 5) is 12.8. The molecule has 0 bridgehead atoms. The second-order valence-corrected chi connectivity index (χ2v) is 4.19. The zero-order chi connectivity index (χ0) is 13.4. The van der Waals surface area contributed by atoms with Crippen LogP contribution in [-0.4, -0.2) is 22.4 Å². The van der Waals surface area contributed by atoms with Gasteiger partial charge in [-0.05, 0) is 6.92 Å². The minimum Gasteiger partial charge on any atom is -0.369 e. The molecule has 0 aliphatic carbocycles. The first kappa shape index (κ1) is 12.6. The number of amides is 1. The van der Waals surface area contributed by atoms with Crippen LogP contribution >= 0.6 is 11.6 Å². The zero-order valence-corrected chi connectivity index (χ0v) is 10.5. The lowest BCUT2D eigenvalue weighted by molar-refractivity contribution is -0.115. The van der Waals surface area contributed by atoms with Crippen LogP contribution in [0.25, 0.3) is 0 Å². The van der Waals surface area contributed by atoms with E-state index in [0.717, 1.165) is 4.90 Å². The zero-order valence-electron chi connectivity index (χ0n) is 9.77. The van der Waals surface area contributed by atoms with Crippen LogP contribution in [0.3, 0.4) is 0 Å². The van der Waals surface area contributed by atoms with Crippen molar-refractivity contribution in [3.05, 3.63) is 21.9 Å². The quantitative estimate of drug-likeness (QED) is 0.872. The fourth-order valence-electron chi connectivity index (χ4n) is 1.74. The van der Waals surface area contributed by atoms with E-state index < -0.39 is 12.1 Å². The molecule has 6 nitrogen and oxygen atoms in total. The van der Waals surface area contributed by atoms with Crippen LogP contribution in [0.1, 0.15) is 25.2 Å². The van der Waals surface area contributed by atoms with Crippen LogP contribution in [0.4, 0.5) is 5.82 Å². The fraction of sp³-hybridized carbons (Fsp3) is 0.364. The number of aliphatic hydroxyl groups excluding tert-OH is 1. The Bertz CT molecular complexity index is 585. The maximum absolute atomic E-state index is 11.9. The highest BCUT2D eigenvalue weighted by molar-refractivity contribution is 6.45. The van der Waals surface area contributed by atoms with Crippen LogP contribution in [0.2, 0.25) is 0 Å². The molecule has 18 heavy (non-hydrogen) atoms. The maximum atomic E-state index is 11.9. The molecular weight excluding hydrogens is 258 g/mol. The van der Waals surface area contributed by atoms with Crippen molar-refractivity contribution in [2.75, 3.05) is 4.90 Å². The van der Waals surface area contributed by atoms with Crippen LogP contribution < -0.4 is 4.90 Å². The molecule has 0 radical (unpaired) electrons. The number of anilines is 1. The SMILES string of the molecule is CCc1onc(N2C(=O)C(Cl)=C(C)C2O)c1C#N. The summed E-state index contributed by atoms with van der Waals surface area (Å²) in [5.74, 6) is -0.218. The minimum atomic E-state index is -1.22. The lowest BCUT2D eigenvalue weighted by atomic mass is 10.2. The monoisotopic (exact) mass is 267 g/mol. The minimum absolute atomic E-state index is 0.00171. The van der Waals surface area contributed by atoms with Gasteiger partial charge in [-0.3, -0.25) is 9.69 Å². The summed E-state index contributed by atoms with van der Waals surface area (Å²) in [5.41, 5.74) is 0.468. The highest BCUT2D eigenvalue weighted by atomic mass is 35.5. The third kappa shape index (κ3) is 1.60. The molecule has 94 valence electrons. The first-order chi connectivity index (χ1) is 8.52. The summed E-state index contributed by atoms with van der Waals surface area (Å²) in [6, 6.07) is 1.92. The standard InChI is InChI=1S/C11H10ClN3O3/c1-3-7-6(4-13)9(14-18-7)15-10(16)5(2)8(12)11(15)17/h10,16H,3H2,1-2H3. The molecule has 1 N–H and O–H groups in total. The number of nitriles is 1. The Morgan fingerprint density at radius 2 is 2.33 bits per heavy atom. The van der Waals surface area contributed by atoms with Gasteiger partial charge >= 0.3 is 0 Å². The van der Waals surface area contributed by atoms with Crippen molar-refractivity contribution in [3.8, 4) is 6.07 Å². The highest BCUT2D eigenvalue weighted by Crippen LogP contribution is 2.33. The molecule has 7 heteroatoms. The van der Waals surface area contributed by atoms with Gasteiger partial charge in [0.05, 0.1) is 0 Å². The topological polar surface area (TPSA) is 90.4 Å². The van der Waals surface area contributed by atoms with Gasteiger partial charge in [-0.15, -0.1) is 0 Å². The Balaban J connectivity index is 2.50. The lowest BCUT2D eigenvalue weighted by Crippen LogP contribution is -2.35. The van der Waals surface area contributed by atoms with Crippen LogP contribution in [0.5, 0.6) is 0 Å². The van der Waals surface area contributed by atoms with Crippen LogP contribution in [-0.2, 0) is 11.2 Å². The number of aliphatic hydroxyl groups is 1. The van der Waals surface area contributed by atoms with Gasteiger partial charge in [0.1, 0.15) is 16.7 Å². The van der Waals surface area contributed by atoms with Crippen LogP contribution in [0.15, 0.2) is 15.1 Å². The molecule has 0 fully saturated rings. The normalized spacial score (nSPS) is 19.6. The summed E-state index contributed by atoms with van der Waals surface area (Å²) in [7, 11) is 0. The smallest absolute Gasteiger partial charge is 0.273 e. The average Bonchev–Trinajstić information content (AvgIpc) is 2.86. The van der Waals surface area contributed by atoms with E-state index >= 15 is 0 Å². The van der Waals surface area contributed by atoms with E-state index in [9.17, 15) is 9.90 Å². The second-order valence-electron chi connectivity index (χ2n) is 3.82. The van der Waals surface area contributed by atoms with Crippen molar-refractivity contribution in [1.29, 1.82) is 5.26 Å². The van der Waals surface area contributed by atoms with E-state index in [-0.39, 0.29) is 16.4 Å². The van der Waals surface area contributed by atoms with Crippen LogP contribution in [0, 0.1) is 11.3 Å². The summed E-state index contributed by atoms with van der Waals surface area (Å²) < 4.78 is 4.98. The molecular formula is C11H10ClN3O3. The molecule has 2 rings (SSSR count). The second kappa shape index (κ2) is 4.44. The van der Waals surface area contributed by atoms with E-state index in [4.69, 9.17) is 21.4 Å². The van der Waals surface area contributed by atoms with Gasteiger partial charge in [-0.2, -0.15) is 5.26 Å². The number of carbonyl (C=O) groups is 1. The van der Waals surface area contributed by atoms with Gasteiger partial charge in [0.2, 0.25) is 0 Å². The molecule has 1 aromatic rings. The van der Waals surface area contributed by atoms with Crippen molar-refractivity contribution < 1.29 is 14.4 Å². The van der Waals surface area contributed by atoms with E-state index in [1.807, 2.05) is 6.07 Å². The number of rotatable bonds is 2. The molecule has 1 aliphatic heterocycles. The van der Waals surface area contributed by atoms with E-state index in [0.29, 0.717) is 17.8 Å². The summed E-state index contributed by atoms with van der Waals surface area (Å²) in [6.07, 6.45) is -0.749. The summed E-state index contributed by atoms with van der Waals surface area (Å²) in [5, 5.41) is 22.6. The Hall–Kier alpha value is -1.84. The number of hydrogen-bond acceptors (Lipinski definition) is 5. The Morgan fingerprint density at radius 1 is 1.67 bits per heavy atom. The predicted molar refractivity (Wildman–Crippen MR) is 62.6 cm³/mol. The number of carbonyl (C=O) groups excluding carboxylic acids is 1. The number of aryl methyl sites for hydroxylation is 1. The third-order valence-corrected chi connectivity index (χ3v) is 3.25. The average molecular weight is 268 g/mol. The van der Waals surface area contributed by atoms with Crippen molar-refractivity contribution >= 4 is 23.3 Å². The molecule has 1 aliphatic rings. The van der Waals surface area contributed by atoms with Crippen molar-refractivity contribution in [2.45, 2.75) is 26.5 Å². The molecule has 0 spiro atoms. The van der Waals surface area contributed by atoms with Gasteiger partial charge in [0.25, 0.3) is 5.91 Å². The Labute approximate surface area is 108 Å². The number of aromatic nitrogens is 1. The van der Waals surface area contributed by atoms with Gasteiger partial charge in [-0.25, -0.2) is 0 Å². The summed E-state index contributed by atoms with van der Waals surface area (Å²) in [6.45, 7) is 3.33. The van der Waals surface area contributed by atoms with Gasteiger partial charge in [0, 0.05) is 12.0 Å². The molecule has 1 atom stereocenters. The molecule has 0 saturated heterocycles. The van der Waals surface area contributed by atoms with Crippen molar-refractivity contribution in [3.63, 3.8) is 0 Å². The largest absolute Gasteiger partial charge is 0.369 e. The van der Waals surface area contributed by atoms with E-state index in [2.05, 4.69) is 5.16 Å². The van der Waals surface area contributed by atoms with Crippen molar-refractivity contribution in [2.24, 2.45) is 0 Å². The van der Waals surface area contributed by atoms with Gasteiger partial charge in [-0.1, -0.05) is 23.7 Å². The highest BCUT2D eigenvalue weighted by Gasteiger charge is 2.39. The molecule has 0 saturated carbocycles. The lowest BCUT2D eigenvalue weighted by Gasteiger charge is -2.18. The first-order valence-corrected chi connectivity index (χ1v) is 5.67. The predicted octanol–water partition coefficient (Wildman–Crippen LogP) is 1.29. The molecule has 1 aromatic heterocycles. The van der Waals surface area contributed by atoms with Gasteiger partial charge in [0.15, 0.2) is 17.8 Å². The number of hydrogen-bond donors (Lipinski definition) is 1. The summed E-state index contributed by atoms with van der Waals surface area (Å²) >= 11 is 5.78. The Kier molecular flexibility index (Phi) is 3.11. The molecule has 1 amide bonds. The third-order valence-electron chi connectivity index (χ3n) is 2.79. The molecule has 0 aromatic carbocycles. The maximum Gasteiger partial charge on any atom is 0.273 e. The van der Waals surface area contributed by atoms with E-state index in [1.54, 1.807) is 6.92 Å². The molecule has 1 unspecified atom stereocenters. The number of halogens is 1. The van der Waals surface area contributed by atoms with Gasteiger partial charge < -0.3 is 9.63 Å². The van der Waals surface area contributed by atoms with E-state index in [1.165, 1.54) is 6.92 Å². The van der Waals surface area contributed by atoms with Crippen molar-refractivity contribution in [1.82, 2.24) is 5.16 Å². The number of nitrogens with zero attached hydrogens (tertiary/aromatic N) is 3. The molecule has 2 heterocycles. The fourth-order valence-corrected chi connectivity index (χ4v) is 1.93. The Morgan fingerprint density at radius 3 is 2.78 bits per heavy atom.